The molecular weight excluding hydrogens is 312 g/mol. The minimum absolute atomic E-state index is 0.0995. The van der Waals surface area contributed by atoms with E-state index in [4.69, 9.17) is 9.68 Å². The highest BCUT2D eigenvalue weighted by molar-refractivity contribution is 8.76. The van der Waals surface area contributed by atoms with Gasteiger partial charge >= 0.3 is 0 Å². The van der Waals surface area contributed by atoms with Crippen molar-refractivity contribution in [1.82, 2.24) is 11.0 Å². The van der Waals surface area contributed by atoms with Crippen LogP contribution in [0.25, 0.3) is 0 Å². The minimum Gasteiger partial charge on any atom is -0.274 e. The highest BCUT2D eigenvalue weighted by atomic mass is 33.1. The van der Waals surface area contributed by atoms with Crippen LogP contribution in [-0.2, 0) is 19.3 Å². The lowest BCUT2D eigenvalue weighted by Crippen LogP contribution is -2.26. The molecule has 0 bridgehead atoms. The van der Waals surface area contributed by atoms with E-state index in [1.807, 2.05) is 13.8 Å². The second-order valence-electron chi connectivity index (χ2n) is 4.20. The van der Waals surface area contributed by atoms with Gasteiger partial charge in [0.15, 0.2) is 0 Å². The second kappa shape index (κ2) is 14.5. The highest BCUT2D eigenvalue weighted by Crippen LogP contribution is 2.32. The quantitative estimate of drug-likeness (QED) is 0.305. The fourth-order valence-corrected chi connectivity index (χ4v) is 4.11. The van der Waals surface area contributed by atoms with Crippen molar-refractivity contribution in [1.29, 1.82) is 0 Å². The van der Waals surface area contributed by atoms with Gasteiger partial charge < -0.3 is 0 Å². The molecule has 0 radical (unpaired) electrons. The zero-order chi connectivity index (χ0) is 15.9. The fraction of sp³-hybridized carbons (Fsp3) is 0.846. The van der Waals surface area contributed by atoms with Crippen LogP contribution in [0.4, 0.5) is 0 Å². The molecule has 0 saturated carbocycles. The van der Waals surface area contributed by atoms with Gasteiger partial charge in [-0.2, -0.15) is 0 Å². The van der Waals surface area contributed by atoms with Gasteiger partial charge in [0.1, 0.15) is 0 Å². The van der Waals surface area contributed by atoms with Crippen molar-refractivity contribution >= 4 is 33.4 Å². The summed E-state index contributed by atoms with van der Waals surface area (Å²) in [5, 5.41) is 0.232. The molecule has 0 aromatic carbocycles. The second-order valence-corrected chi connectivity index (χ2v) is 6.99. The van der Waals surface area contributed by atoms with Gasteiger partial charge in [-0.05, 0) is 20.3 Å². The first-order valence-corrected chi connectivity index (χ1v) is 9.61. The van der Waals surface area contributed by atoms with E-state index >= 15 is 0 Å². The van der Waals surface area contributed by atoms with Gasteiger partial charge in [-0.3, -0.25) is 19.3 Å². The Morgan fingerprint density at radius 2 is 1.67 bits per heavy atom. The van der Waals surface area contributed by atoms with E-state index in [0.717, 1.165) is 12.8 Å². The molecule has 8 heteroatoms. The zero-order valence-electron chi connectivity index (χ0n) is 13.0. The van der Waals surface area contributed by atoms with Gasteiger partial charge in [0.2, 0.25) is 11.8 Å². The number of carbonyl (C=O) groups is 2. The zero-order valence-corrected chi connectivity index (χ0v) is 14.6. The first kappa shape index (κ1) is 20.6. The molecule has 0 heterocycles. The van der Waals surface area contributed by atoms with E-state index in [9.17, 15) is 9.59 Å². The van der Waals surface area contributed by atoms with E-state index in [2.05, 4.69) is 17.9 Å². The van der Waals surface area contributed by atoms with Gasteiger partial charge in [0, 0.05) is 23.8 Å². The third kappa shape index (κ3) is 13.0. The summed E-state index contributed by atoms with van der Waals surface area (Å²) in [6, 6.07) is 0. The predicted octanol–water partition coefficient (Wildman–Crippen LogP) is 2.45. The van der Waals surface area contributed by atoms with Gasteiger partial charge in [0.25, 0.3) is 0 Å². The number of nitrogens with one attached hydrogen (secondary N) is 2. The molecule has 0 rings (SSSR count). The molecule has 1 unspecified atom stereocenters. The molecule has 0 aromatic heterocycles. The number of amides is 2. The molecule has 2 amide bonds. The molecule has 0 aliphatic heterocycles. The fourth-order valence-electron chi connectivity index (χ4n) is 1.39. The maximum atomic E-state index is 11.6. The number of carbonyl (C=O) groups excluding carboxylic acids is 2. The molecule has 0 aliphatic carbocycles. The van der Waals surface area contributed by atoms with E-state index in [-0.39, 0.29) is 17.1 Å². The lowest BCUT2D eigenvalue weighted by Gasteiger charge is -2.14. The average Bonchev–Trinajstić information content (AvgIpc) is 2.47. The molecule has 21 heavy (non-hydrogen) atoms. The smallest absolute Gasteiger partial charge is 0.244 e. The van der Waals surface area contributed by atoms with Gasteiger partial charge in [-0.15, -0.1) is 0 Å². The van der Waals surface area contributed by atoms with E-state index < -0.39 is 0 Å². The summed E-state index contributed by atoms with van der Waals surface area (Å²) in [4.78, 5) is 32.6. The van der Waals surface area contributed by atoms with Crippen LogP contribution >= 0.6 is 21.6 Å². The topological polar surface area (TPSA) is 76.7 Å². The Kier molecular flexibility index (Phi) is 14.2. The van der Waals surface area contributed by atoms with Gasteiger partial charge in [-0.1, -0.05) is 34.9 Å². The van der Waals surface area contributed by atoms with Crippen molar-refractivity contribution < 1.29 is 19.3 Å². The molecule has 124 valence electrons. The third-order valence-corrected chi connectivity index (χ3v) is 5.21. The van der Waals surface area contributed by atoms with Crippen LogP contribution in [0, 0.1) is 0 Å². The molecule has 2 N–H and O–H groups in total. The summed E-state index contributed by atoms with van der Waals surface area (Å²) < 4.78 is 0. The first-order chi connectivity index (χ1) is 10.1. The Hall–Kier alpha value is -0.440. The first-order valence-electron chi connectivity index (χ1n) is 7.23. The Morgan fingerprint density at radius 1 is 1.05 bits per heavy atom. The van der Waals surface area contributed by atoms with Crippen LogP contribution in [0.15, 0.2) is 0 Å². The lowest BCUT2D eigenvalue weighted by molar-refractivity contribution is -0.133. The van der Waals surface area contributed by atoms with Crippen LogP contribution in [0.2, 0.25) is 0 Å². The molecule has 0 fully saturated rings. The monoisotopic (exact) mass is 338 g/mol. The summed E-state index contributed by atoms with van der Waals surface area (Å²) >= 11 is 0. The Morgan fingerprint density at radius 3 is 2.24 bits per heavy atom. The molecule has 0 spiro atoms. The van der Waals surface area contributed by atoms with Crippen LogP contribution in [-0.4, -0.2) is 36.0 Å². The Balaban J connectivity index is 3.82. The Labute approximate surface area is 134 Å². The van der Waals surface area contributed by atoms with Crippen LogP contribution in [0.3, 0.4) is 0 Å². The maximum Gasteiger partial charge on any atom is 0.244 e. The van der Waals surface area contributed by atoms with Crippen LogP contribution in [0.5, 0.6) is 0 Å². The number of hydrogen-bond acceptors (Lipinski definition) is 6. The average molecular weight is 338 g/mol. The SMILES string of the molecule is CCCC(CC(=O)NOCC)SSCCC(=O)NOCC. The summed E-state index contributed by atoms with van der Waals surface area (Å²) in [6.07, 6.45) is 2.81. The number of hydroxylamine groups is 2. The standard InChI is InChI=1S/C13H26N2O4S2/c1-4-7-11(10-13(17)15-19-6-3)21-20-9-8-12(16)14-18-5-2/h11H,4-10H2,1-3H3,(H,14,16)(H,15,17). The number of hydrogen-bond donors (Lipinski definition) is 2. The van der Waals surface area contributed by atoms with Crippen molar-refractivity contribution in [3.05, 3.63) is 0 Å². The maximum absolute atomic E-state index is 11.6. The summed E-state index contributed by atoms with van der Waals surface area (Å²) in [7, 11) is 3.26. The normalized spacial score (nSPS) is 12.0. The summed E-state index contributed by atoms with van der Waals surface area (Å²) in [6.45, 7) is 6.64. The molecule has 6 nitrogen and oxygen atoms in total. The minimum atomic E-state index is -0.119. The number of rotatable bonds is 13. The molecule has 0 aromatic rings. The Bertz CT molecular complexity index is 293. The summed E-state index contributed by atoms with van der Waals surface area (Å²) in [5.74, 6) is 0.472. The third-order valence-electron chi connectivity index (χ3n) is 2.30. The van der Waals surface area contributed by atoms with E-state index in [1.54, 1.807) is 21.6 Å². The molecular formula is C13H26N2O4S2. The van der Waals surface area contributed by atoms with Gasteiger partial charge in [0.05, 0.1) is 13.2 Å². The molecule has 1 atom stereocenters. The van der Waals surface area contributed by atoms with Crippen molar-refractivity contribution in [3.8, 4) is 0 Å². The summed E-state index contributed by atoms with van der Waals surface area (Å²) in [5.41, 5.74) is 4.77. The predicted molar refractivity (Wildman–Crippen MR) is 87.5 cm³/mol. The highest BCUT2D eigenvalue weighted by Gasteiger charge is 2.14. The van der Waals surface area contributed by atoms with Crippen LogP contribution < -0.4 is 11.0 Å². The van der Waals surface area contributed by atoms with Crippen molar-refractivity contribution in [2.75, 3.05) is 19.0 Å². The van der Waals surface area contributed by atoms with Crippen LogP contribution in [0.1, 0.15) is 46.5 Å². The lowest BCUT2D eigenvalue weighted by atomic mass is 10.2. The van der Waals surface area contributed by atoms with E-state index in [1.165, 1.54) is 0 Å². The molecule has 0 saturated heterocycles. The molecule has 0 aliphatic rings. The van der Waals surface area contributed by atoms with Crippen molar-refractivity contribution in [2.24, 2.45) is 0 Å². The largest absolute Gasteiger partial charge is 0.274 e. The van der Waals surface area contributed by atoms with Crippen molar-refractivity contribution in [2.45, 2.75) is 51.7 Å². The van der Waals surface area contributed by atoms with E-state index in [0.29, 0.717) is 31.8 Å². The van der Waals surface area contributed by atoms with Crippen molar-refractivity contribution in [3.63, 3.8) is 0 Å². The van der Waals surface area contributed by atoms with Gasteiger partial charge in [-0.25, -0.2) is 11.0 Å².